The van der Waals surface area contributed by atoms with Crippen LogP contribution in [0.4, 0.5) is 11.9 Å². The van der Waals surface area contributed by atoms with Gasteiger partial charge in [-0.05, 0) is 12.1 Å². The third-order valence-electron chi connectivity index (χ3n) is 3.39. The summed E-state index contributed by atoms with van der Waals surface area (Å²) >= 11 is 0. The molecule has 1 saturated heterocycles. The molecule has 2 amide bonds. The number of piperazine rings is 1. The number of hydrogen-bond donors (Lipinski definition) is 1. The van der Waals surface area contributed by atoms with Gasteiger partial charge in [0.2, 0.25) is 11.9 Å². The van der Waals surface area contributed by atoms with Crippen LogP contribution in [-0.4, -0.2) is 62.8 Å². The molecule has 3 rings (SSSR count). The van der Waals surface area contributed by atoms with Gasteiger partial charge in [-0.2, -0.15) is 0 Å². The highest BCUT2D eigenvalue weighted by Gasteiger charge is 2.27. The van der Waals surface area contributed by atoms with Gasteiger partial charge in [0.15, 0.2) is 0 Å². The average Bonchev–Trinajstić information content (AvgIpc) is 2.63. The maximum Gasteiger partial charge on any atom is 0.316 e. The Balaban J connectivity index is 1.55. The molecule has 1 aliphatic rings. The fourth-order valence-electron chi connectivity index (χ4n) is 2.23. The van der Waals surface area contributed by atoms with Crippen LogP contribution in [0.2, 0.25) is 0 Å². The Labute approximate surface area is 132 Å². The fraction of sp³-hybridized carbons (Fsp3) is 0.286. The highest BCUT2D eigenvalue weighted by Crippen LogP contribution is 2.10. The molecular formula is C14H15N7O2. The molecule has 0 spiro atoms. The molecule has 1 fully saturated rings. The van der Waals surface area contributed by atoms with Gasteiger partial charge >= 0.3 is 11.8 Å². The molecule has 1 N–H and O–H groups in total. The zero-order valence-corrected chi connectivity index (χ0v) is 12.3. The van der Waals surface area contributed by atoms with Crippen LogP contribution in [0, 0.1) is 0 Å². The first-order valence-corrected chi connectivity index (χ1v) is 7.13. The van der Waals surface area contributed by atoms with Gasteiger partial charge in [-0.1, -0.05) is 0 Å². The van der Waals surface area contributed by atoms with Crippen molar-refractivity contribution in [2.24, 2.45) is 0 Å². The first-order valence-electron chi connectivity index (χ1n) is 7.13. The molecule has 0 aromatic carbocycles. The molecule has 9 nitrogen and oxygen atoms in total. The number of rotatable bonds is 2. The number of anilines is 2. The van der Waals surface area contributed by atoms with Crippen LogP contribution in [0.3, 0.4) is 0 Å². The number of nitrogens with zero attached hydrogens (tertiary/aromatic N) is 6. The smallest absolute Gasteiger partial charge is 0.316 e. The summed E-state index contributed by atoms with van der Waals surface area (Å²) in [6.07, 6.45) is 6.33. The Kier molecular flexibility index (Phi) is 4.37. The van der Waals surface area contributed by atoms with Crippen LogP contribution in [0.25, 0.3) is 0 Å². The maximum absolute atomic E-state index is 12.2. The van der Waals surface area contributed by atoms with Crippen molar-refractivity contribution in [3.8, 4) is 0 Å². The lowest BCUT2D eigenvalue weighted by molar-refractivity contribution is -0.143. The van der Waals surface area contributed by atoms with E-state index in [2.05, 4.69) is 25.3 Å². The summed E-state index contributed by atoms with van der Waals surface area (Å²) in [7, 11) is 0. The van der Waals surface area contributed by atoms with Crippen molar-refractivity contribution >= 4 is 23.7 Å². The molecular weight excluding hydrogens is 298 g/mol. The normalized spacial score (nSPS) is 14.4. The number of amides is 2. The minimum absolute atomic E-state index is 0.113. The van der Waals surface area contributed by atoms with Crippen molar-refractivity contribution in [1.82, 2.24) is 24.8 Å². The monoisotopic (exact) mass is 313 g/mol. The lowest BCUT2D eigenvalue weighted by atomic mass is 10.3. The number of hydrogen-bond acceptors (Lipinski definition) is 7. The Bertz CT molecular complexity index is 672. The van der Waals surface area contributed by atoms with E-state index in [1.165, 1.54) is 17.3 Å². The lowest BCUT2D eigenvalue weighted by Crippen LogP contribution is -2.52. The van der Waals surface area contributed by atoms with Gasteiger partial charge in [0.1, 0.15) is 0 Å². The Morgan fingerprint density at radius 2 is 1.43 bits per heavy atom. The summed E-state index contributed by atoms with van der Waals surface area (Å²) in [5, 5.41) is 2.39. The average molecular weight is 313 g/mol. The highest BCUT2D eigenvalue weighted by molar-refractivity contribution is 6.39. The first kappa shape index (κ1) is 14.8. The van der Waals surface area contributed by atoms with E-state index in [4.69, 9.17) is 0 Å². The van der Waals surface area contributed by atoms with Crippen LogP contribution in [0.1, 0.15) is 0 Å². The molecule has 0 bridgehead atoms. The van der Waals surface area contributed by atoms with Crippen LogP contribution in [0.15, 0.2) is 36.9 Å². The van der Waals surface area contributed by atoms with E-state index in [9.17, 15) is 9.59 Å². The summed E-state index contributed by atoms with van der Waals surface area (Å²) in [6, 6.07) is 3.38. The quantitative estimate of drug-likeness (QED) is 0.749. The van der Waals surface area contributed by atoms with Crippen molar-refractivity contribution in [1.29, 1.82) is 0 Å². The van der Waals surface area contributed by atoms with E-state index in [-0.39, 0.29) is 5.95 Å². The molecule has 0 atom stereocenters. The van der Waals surface area contributed by atoms with Crippen molar-refractivity contribution in [3.05, 3.63) is 36.9 Å². The zero-order chi connectivity index (χ0) is 16.1. The van der Waals surface area contributed by atoms with Gasteiger partial charge in [-0.25, -0.2) is 19.9 Å². The van der Waals surface area contributed by atoms with Gasteiger partial charge in [0, 0.05) is 51.0 Å². The molecule has 1 aliphatic heterocycles. The van der Waals surface area contributed by atoms with Crippen molar-refractivity contribution in [2.45, 2.75) is 0 Å². The Hall–Kier alpha value is -3.10. The molecule has 3 heterocycles. The first-order chi connectivity index (χ1) is 11.2. The van der Waals surface area contributed by atoms with Crippen LogP contribution in [0.5, 0.6) is 0 Å². The molecule has 2 aromatic rings. The van der Waals surface area contributed by atoms with Crippen molar-refractivity contribution in [3.63, 3.8) is 0 Å². The van der Waals surface area contributed by atoms with E-state index >= 15 is 0 Å². The standard InChI is InChI=1S/C14H15N7O2/c22-11(19-13-15-3-1-4-16-13)12(23)20-7-9-21(10-8-20)14-17-5-2-6-18-14/h1-6H,7-10H2,(H,15,16,19,22). The van der Waals surface area contributed by atoms with E-state index in [1.807, 2.05) is 4.90 Å². The van der Waals surface area contributed by atoms with Gasteiger partial charge < -0.3 is 9.80 Å². The second-order valence-corrected chi connectivity index (χ2v) is 4.85. The second kappa shape index (κ2) is 6.77. The Morgan fingerprint density at radius 3 is 2.04 bits per heavy atom. The molecule has 0 radical (unpaired) electrons. The van der Waals surface area contributed by atoms with Crippen molar-refractivity contribution < 1.29 is 9.59 Å². The minimum Gasteiger partial charge on any atom is -0.337 e. The number of carbonyl (C=O) groups is 2. The summed E-state index contributed by atoms with van der Waals surface area (Å²) < 4.78 is 0. The predicted octanol–water partition coefficient (Wildman–Crippen LogP) is -0.446. The third-order valence-corrected chi connectivity index (χ3v) is 3.39. The number of carbonyl (C=O) groups excluding carboxylic acids is 2. The third kappa shape index (κ3) is 3.57. The van der Waals surface area contributed by atoms with E-state index in [1.54, 1.807) is 24.5 Å². The zero-order valence-electron chi connectivity index (χ0n) is 12.3. The van der Waals surface area contributed by atoms with Crippen LogP contribution < -0.4 is 10.2 Å². The molecule has 118 valence electrons. The van der Waals surface area contributed by atoms with E-state index < -0.39 is 11.8 Å². The SMILES string of the molecule is O=C(Nc1ncccn1)C(=O)N1CCN(c2ncccn2)CC1. The molecule has 9 heteroatoms. The number of aromatic nitrogens is 4. The van der Waals surface area contributed by atoms with Gasteiger partial charge in [0.05, 0.1) is 0 Å². The molecule has 0 aliphatic carbocycles. The highest BCUT2D eigenvalue weighted by atomic mass is 16.2. The summed E-state index contributed by atoms with van der Waals surface area (Å²) in [5.74, 6) is -0.587. The van der Waals surface area contributed by atoms with Crippen LogP contribution in [-0.2, 0) is 9.59 Å². The Morgan fingerprint density at radius 1 is 0.870 bits per heavy atom. The topological polar surface area (TPSA) is 104 Å². The largest absolute Gasteiger partial charge is 0.337 e. The second-order valence-electron chi connectivity index (χ2n) is 4.85. The summed E-state index contributed by atoms with van der Waals surface area (Å²) in [5.41, 5.74) is 0. The molecule has 0 saturated carbocycles. The maximum atomic E-state index is 12.2. The fourth-order valence-corrected chi connectivity index (χ4v) is 2.23. The number of nitrogens with one attached hydrogen (secondary N) is 1. The van der Waals surface area contributed by atoms with Crippen LogP contribution >= 0.6 is 0 Å². The summed E-state index contributed by atoms with van der Waals surface area (Å²) in [4.78, 5) is 43.6. The molecule has 0 unspecified atom stereocenters. The van der Waals surface area contributed by atoms with Gasteiger partial charge in [-0.3, -0.25) is 14.9 Å². The van der Waals surface area contributed by atoms with E-state index in [0.717, 1.165) is 0 Å². The van der Waals surface area contributed by atoms with E-state index in [0.29, 0.717) is 32.1 Å². The summed E-state index contributed by atoms with van der Waals surface area (Å²) in [6.45, 7) is 2.01. The van der Waals surface area contributed by atoms with Crippen molar-refractivity contribution in [2.75, 3.05) is 36.4 Å². The predicted molar refractivity (Wildman–Crippen MR) is 81.5 cm³/mol. The minimum atomic E-state index is -0.736. The van der Waals surface area contributed by atoms with Gasteiger partial charge in [0.25, 0.3) is 0 Å². The molecule has 23 heavy (non-hydrogen) atoms. The van der Waals surface area contributed by atoms with Gasteiger partial charge in [-0.15, -0.1) is 0 Å². The molecule has 2 aromatic heterocycles. The lowest BCUT2D eigenvalue weighted by Gasteiger charge is -2.34.